The summed E-state index contributed by atoms with van der Waals surface area (Å²) in [7, 11) is 3.10. The van der Waals surface area contributed by atoms with E-state index in [0.717, 1.165) is 0 Å². The summed E-state index contributed by atoms with van der Waals surface area (Å²) in [6.45, 7) is 0. The molecule has 1 amide bonds. The lowest BCUT2D eigenvalue weighted by molar-refractivity contribution is -0.115. The van der Waals surface area contributed by atoms with Gasteiger partial charge in [0, 0.05) is 23.3 Å². The monoisotopic (exact) mass is 404 g/mol. The maximum atomic E-state index is 12.3. The van der Waals surface area contributed by atoms with Crippen LogP contribution in [0.5, 0.6) is 11.5 Å². The Kier molecular flexibility index (Phi) is 6.10. The third-order valence-electron chi connectivity index (χ3n) is 3.52. The van der Waals surface area contributed by atoms with E-state index in [9.17, 15) is 4.79 Å². The van der Waals surface area contributed by atoms with Crippen molar-refractivity contribution in [1.82, 2.24) is 9.97 Å². The van der Waals surface area contributed by atoms with Crippen LogP contribution in [-0.2, 0) is 11.2 Å². The maximum absolute atomic E-state index is 12.3. The van der Waals surface area contributed by atoms with Gasteiger partial charge in [-0.25, -0.2) is 9.97 Å². The highest BCUT2D eigenvalue weighted by Crippen LogP contribution is 2.29. The molecule has 7 nitrogen and oxygen atoms in total. The Balaban J connectivity index is 1.60. The second-order valence-electron chi connectivity index (χ2n) is 5.43. The summed E-state index contributed by atoms with van der Waals surface area (Å²) < 4.78 is 10.4. The van der Waals surface area contributed by atoms with Gasteiger partial charge in [-0.2, -0.15) is 0 Å². The molecule has 0 fully saturated rings. The van der Waals surface area contributed by atoms with Gasteiger partial charge in [-0.3, -0.25) is 4.79 Å². The number of benzene rings is 1. The fourth-order valence-corrected chi connectivity index (χ4v) is 3.12. The summed E-state index contributed by atoms with van der Waals surface area (Å²) >= 11 is 7.21. The molecule has 2 aromatic heterocycles. The lowest BCUT2D eigenvalue weighted by Crippen LogP contribution is -2.14. The number of methoxy groups -OCH3 is 2. The minimum absolute atomic E-state index is 0.153. The van der Waals surface area contributed by atoms with E-state index in [4.69, 9.17) is 21.1 Å². The minimum atomic E-state index is -0.177. The third-order valence-corrected chi connectivity index (χ3v) is 4.55. The molecule has 0 unspecified atom stereocenters. The zero-order chi connectivity index (χ0) is 19.2. The minimum Gasteiger partial charge on any atom is -0.493 e. The fraction of sp³-hybridized carbons (Fsp3) is 0.167. The average molecular weight is 405 g/mol. The van der Waals surface area contributed by atoms with Crippen molar-refractivity contribution < 1.29 is 14.3 Å². The summed E-state index contributed by atoms with van der Waals surface area (Å²) in [5, 5.41) is 8.94. The number of thiazole rings is 1. The highest BCUT2D eigenvalue weighted by atomic mass is 35.5. The summed E-state index contributed by atoms with van der Waals surface area (Å²) in [5.41, 5.74) is 1.28. The first kappa shape index (κ1) is 18.9. The number of hydrogen-bond donors (Lipinski definition) is 2. The highest BCUT2D eigenvalue weighted by molar-refractivity contribution is 7.13. The van der Waals surface area contributed by atoms with E-state index in [1.165, 1.54) is 11.3 Å². The molecule has 3 aromatic rings. The molecular weight excluding hydrogens is 388 g/mol. The van der Waals surface area contributed by atoms with Gasteiger partial charge in [-0.15, -0.1) is 11.3 Å². The molecule has 0 radical (unpaired) electrons. The molecule has 0 atom stereocenters. The SMILES string of the molecule is COc1ccc(NC(=O)Cc2csc(Nc3ccc(Cl)cn3)n2)cc1OC. The van der Waals surface area contributed by atoms with E-state index in [-0.39, 0.29) is 12.3 Å². The number of nitrogens with one attached hydrogen (secondary N) is 2. The first-order valence-corrected chi connectivity index (χ1v) is 9.18. The molecule has 0 saturated carbocycles. The number of anilines is 3. The number of aromatic nitrogens is 2. The third kappa shape index (κ3) is 5.08. The van der Waals surface area contributed by atoms with E-state index >= 15 is 0 Å². The summed E-state index contributed by atoms with van der Waals surface area (Å²) in [6.07, 6.45) is 1.70. The van der Waals surface area contributed by atoms with Gasteiger partial charge in [0.05, 0.1) is 31.4 Å². The Hall–Kier alpha value is -2.84. The van der Waals surface area contributed by atoms with Crippen LogP contribution in [-0.4, -0.2) is 30.1 Å². The van der Waals surface area contributed by atoms with E-state index < -0.39 is 0 Å². The zero-order valence-corrected chi connectivity index (χ0v) is 16.2. The van der Waals surface area contributed by atoms with Gasteiger partial charge in [-0.05, 0) is 24.3 Å². The van der Waals surface area contributed by atoms with Crippen LogP contribution in [0.2, 0.25) is 5.02 Å². The second kappa shape index (κ2) is 8.70. The van der Waals surface area contributed by atoms with E-state index in [1.54, 1.807) is 50.7 Å². The van der Waals surface area contributed by atoms with Crippen LogP contribution in [0.4, 0.5) is 16.6 Å². The Labute approximate surface area is 165 Å². The maximum Gasteiger partial charge on any atom is 0.230 e. The van der Waals surface area contributed by atoms with Gasteiger partial charge in [0.2, 0.25) is 5.91 Å². The molecule has 9 heteroatoms. The Morgan fingerprint density at radius 1 is 1.19 bits per heavy atom. The quantitative estimate of drug-likeness (QED) is 0.615. The highest BCUT2D eigenvalue weighted by Gasteiger charge is 2.11. The normalized spacial score (nSPS) is 10.3. The smallest absolute Gasteiger partial charge is 0.230 e. The average Bonchev–Trinajstić information content (AvgIpc) is 3.10. The summed E-state index contributed by atoms with van der Waals surface area (Å²) in [4.78, 5) is 20.8. The molecule has 0 aliphatic heterocycles. The van der Waals surface area contributed by atoms with E-state index in [0.29, 0.717) is 38.9 Å². The number of carbonyl (C=O) groups excluding carboxylic acids is 1. The van der Waals surface area contributed by atoms with E-state index in [2.05, 4.69) is 20.6 Å². The van der Waals surface area contributed by atoms with Gasteiger partial charge < -0.3 is 20.1 Å². The zero-order valence-electron chi connectivity index (χ0n) is 14.7. The fourth-order valence-electron chi connectivity index (χ4n) is 2.29. The predicted molar refractivity (Wildman–Crippen MR) is 107 cm³/mol. The Bertz CT molecular complexity index is 931. The second-order valence-corrected chi connectivity index (χ2v) is 6.72. The molecule has 0 saturated heterocycles. The number of hydrogen-bond acceptors (Lipinski definition) is 7. The molecule has 3 rings (SSSR count). The van der Waals surface area contributed by atoms with Crippen LogP contribution in [0.25, 0.3) is 0 Å². The van der Waals surface area contributed by atoms with Crippen LogP contribution in [0.3, 0.4) is 0 Å². The number of carbonyl (C=O) groups is 1. The van der Waals surface area contributed by atoms with Gasteiger partial charge in [0.25, 0.3) is 0 Å². The van der Waals surface area contributed by atoms with Gasteiger partial charge in [0.1, 0.15) is 5.82 Å². The molecule has 2 heterocycles. The van der Waals surface area contributed by atoms with Crippen molar-refractivity contribution in [3.05, 3.63) is 52.6 Å². The topological polar surface area (TPSA) is 85.4 Å². The van der Waals surface area contributed by atoms with Crippen LogP contribution in [0.15, 0.2) is 41.9 Å². The van der Waals surface area contributed by atoms with E-state index in [1.807, 2.05) is 5.38 Å². The van der Waals surface area contributed by atoms with Crippen molar-refractivity contribution in [3.8, 4) is 11.5 Å². The molecule has 0 aliphatic rings. The Morgan fingerprint density at radius 2 is 2.00 bits per heavy atom. The van der Waals surface area contributed by atoms with Crippen molar-refractivity contribution in [2.75, 3.05) is 24.9 Å². The van der Waals surface area contributed by atoms with Gasteiger partial charge >= 0.3 is 0 Å². The molecule has 27 heavy (non-hydrogen) atoms. The van der Waals surface area contributed by atoms with Gasteiger partial charge in [0.15, 0.2) is 16.6 Å². The van der Waals surface area contributed by atoms with Crippen LogP contribution >= 0.6 is 22.9 Å². The number of rotatable bonds is 7. The summed E-state index contributed by atoms with van der Waals surface area (Å²) in [6, 6.07) is 8.68. The standard InChI is InChI=1S/C18H17ClN4O3S/c1-25-14-5-4-12(7-15(14)26-2)21-17(24)8-13-10-27-18(22-13)23-16-6-3-11(19)9-20-16/h3-7,9-10H,8H2,1-2H3,(H,21,24)(H,20,22,23). The lowest BCUT2D eigenvalue weighted by atomic mass is 10.2. The van der Waals surface area contributed by atoms with Crippen molar-refractivity contribution in [3.63, 3.8) is 0 Å². The largest absolute Gasteiger partial charge is 0.493 e. The van der Waals surface area contributed by atoms with Crippen molar-refractivity contribution in [2.24, 2.45) is 0 Å². The molecule has 0 bridgehead atoms. The number of halogens is 1. The summed E-state index contributed by atoms with van der Waals surface area (Å²) in [5.74, 6) is 1.60. The van der Waals surface area contributed by atoms with Crippen LogP contribution in [0.1, 0.15) is 5.69 Å². The number of nitrogens with zero attached hydrogens (tertiary/aromatic N) is 2. The number of pyridine rings is 1. The van der Waals surface area contributed by atoms with Gasteiger partial charge in [-0.1, -0.05) is 11.6 Å². The van der Waals surface area contributed by atoms with Crippen molar-refractivity contribution in [2.45, 2.75) is 6.42 Å². The molecular formula is C18H17ClN4O3S. The molecule has 2 N–H and O–H groups in total. The van der Waals surface area contributed by atoms with Crippen molar-refractivity contribution in [1.29, 1.82) is 0 Å². The van der Waals surface area contributed by atoms with Crippen LogP contribution < -0.4 is 20.1 Å². The molecule has 140 valence electrons. The van der Waals surface area contributed by atoms with Crippen LogP contribution in [0, 0.1) is 0 Å². The predicted octanol–water partition coefficient (Wildman–Crippen LogP) is 4.13. The lowest BCUT2D eigenvalue weighted by Gasteiger charge is -2.10. The first-order chi connectivity index (χ1) is 13.1. The van der Waals surface area contributed by atoms with Crippen molar-refractivity contribution >= 4 is 45.5 Å². The Morgan fingerprint density at radius 3 is 2.70 bits per heavy atom. The number of amides is 1. The molecule has 0 spiro atoms. The first-order valence-electron chi connectivity index (χ1n) is 7.92. The molecule has 0 aliphatic carbocycles. The molecule has 1 aromatic carbocycles. The number of ether oxygens (including phenoxy) is 2.